The lowest BCUT2D eigenvalue weighted by Gasteiger charge is -2.17. The van der Waals surface area contributed by atoms with Crippen LogP contribution in [-0.2, 0) is 22.4 Å². The van der Waals surface area contributed by atoms with Gasteiger partial charge in [-0.25, -0.2) is 9.97 Å². The number of rotatable bonds is 6. The van der Waals surface area contributed by atoms with Crippen LogP contribution < -0.4 is 20.1 Å². The molecule has 2 aliphatic heterocycles. The van der Waals surface area contributed by atoms with E-state index in [0.717, 1.165) is 48.6 Å². The van der Waals surface area contributed by atoms with Crippen molar-refractivity contribution >= 4 is 17.8 Å². The highest BCUT2D eigenvalue weighted by Crippen LogP contribution is 2.39. The van der Waals surface area contributed by atoms with Gasteiger partial charge < -0.3 is 25.0 Å². The van der Waals surface area contributed by atoms with Crippen LogP contribution in [0.3, 0.4) is 0 Å². The van der Waals surface area contributed by atoms with Crippen molar-refractivity contribution in [3.63, 3.8) is 0 Å². The first-order valence-corrected chi connectivity index (χ1v) is 13.2. The summed E-state index contributed by atoms with van der Waals surface area (Å²) in [5.41, 5.74) is 2.74. The Hall–Kier alpha value is -4.15. The van der Waals surface area contributed by atoms with E-state index in [0.29, 0.717) is 42.7 Å². The zero-order chi connectivity index (χ0) is 25.8. The Kier molecular flexibility index (Phi) is 5.45. The van der Waals surface area contributed by atoms with Crippen molar-refractivity contribution in [2.24, 2.45) is 11.8 Å². The molecule has 4 heterocycles. The van der Waals surface area contributed by atoms with Gasteiger partial charge >= 0.3 is 0 Å². The van der Waals surface area contributed by atoms with Crippen LogP contribution in [0.25, 0.3) is 17.2 Å². The number of anilines is 1. The maximum Gasteiger partial charge on any atom is 0.231 e. The Labute approximate surface area is 219 Å². The van der Waals surface area contributed by atoms with E-state index in [1.807, 2.05) is 33.7 Å². The molecule has 2 N–H and O–H groups in total. The number of hydrogen-bond donors (Lipinski definition) is 2. The van der Waals surface area contributed by atoms with E-state index in [1.54, 1.807) is 13.2 Å². The fourth-order valence-corrected chi connectivity index (χ4v) is 5.67. The number of benzene rings is 1. The average molecular weight is 516 g/mol. The second-order valence-corrected chi connectivity index (χ2v) is 10.4. The smallest absolute Gasteiger partial charge is 0.231 e. The van der Waals surface area contributed by atoms with Crippen LogP contribution in [0.15, 0.2) is 30.5 Å². The lowest BCUT2D eigenvalue weighted by Crippen LogP contribution is -2.32. The number of nitrogens with zero attached hydrogens (tertiary/aromatic N) is 5. The van der Waals surface area contributed by atoms with Gasteiger partial charge in [-0.2, -0.15) is 4.98 Å². The van der Waals surface area contributed by atoms with Gasteiger partial charge in [-0.3, -0.25) is 14.2 Å². The SMILES string of the molecule is CNC(=O)C1Cc2nc(-c3ccc4c(c3)OCO4)n(-c3ccnc(N[C@H]4CCN(C(=O)C5CC5)C4)n3)c2C1. The maximum atomic E-state index is 12.5. The van der Waals surface area contributed by atoms with E-state index in [2.05, 4.69) is 15.6 Å². The first-order chi connectivity index (χ1) is 18.6. The van der Waals surface area contributed by atoms with E-state index in [1.165, 1.54) is 0 Å². The molecule has 11 heteroatoms. The normalized spacial score (nSPS) is 21.4. The minimum Gasteiger partial charge on any atom is -0.454 e. The molecular formula is C27H29N7O4. The number of carbonyl (C=O) groups excluding carboxylic acids is 2. The van der Waals surface area contributed by atoms with Crippen LogP contribution in [0.2, 0.25) is 0 Å². The highest BCUT2D eigenvalue weighted by atomic mass is 16.7. The number of amides is 2. The topological polar surface area (TPSA) is 123 Å². The summed E-state index contributed by atoms with van der Waals surface area (Å²) in [5, 5.41) is 6.20. The van der Waals surface area contributed by atoms with Crippen LogP contribution in [0.5, 0.6) is 11.5 Å². The van der Waals surface area contributed by atoms with E-state index in [-0.39, 0.29) is 36.5 Å². The van der Waals surface area contributed by atoms with Crippen LogP contribution >= 0.6 is 0 Å². The molecule has 11 nitrogen and oxygen atoms in total. The van der Waals surface area contributed by atoms with Gasteiger partial charge in [0.25, 0.3) is 0 Å². The zero-order valence-electron chi connectivity index (χ0n) is 21.1. The molecule has 4 aliphatic rings. The third kappa shape index (κ3) is 4.02. The second kappa shape index (κ2) is 9.00. The number of carbonyl (C=O) groups is 2. The van der Waals surface area contributed by atoms with Crippen molar-refractivity contribution < 1.29 is 19.1 Å². The molecule has 2 aromatic heterocycles. The summed E-state index contributed by atoms with van der Waals surface area (Å²) < 4.78 is 13.1. The van der Waals surface area contributed by atoms with Crippen LogP contribution in [0.1, 0.15) is 30.7 Å². The minimum atomic E-state index is -0.164. The summed E-state index contributed by atoms with van der Waals surface area (Å²) in [6.45, 7) is 1.62. The van der Waals surface area contributed by atoms with Crippen molar-refractivity contribution in [3.05, 3.63) is 41.9 Å². The van der Waals surface area contributed by atoms with Gasteiger partial charge in [-0.05, 0) is 43.5 Å². The second-order valence-electron chi connectivity index (χ2n) is 10.4. The third-order valence-corrected chi connectivity index (χ3v) is 7.81. The Morgan fingerprint density at radius 3 is 2.74 bits per heavy atom. The van der Waals surface area contributed by atoms with Gasteiger partial charge in [0.05, 0.1) is 5.69 Å². The molecule has 2 fully saturated rings. The molecule has 0 spiro atoms. The van der Waals surface area contributed by atoms with E-state index < -0.39 is 0 Å². The fourth-order valence-electron chi connectivity index (χ4n) is 5.67. The van der Waals surface area contributed by atoms with Crippen LogP contribution in [-0.4, -0.2) is 69.2 Å². The molecule has 1 saturated heterocycles. The van der Waals surface area contributed by atoms with Crippen LogP contribution in [0, 0.1) is 11.8 Å². The van der Waals surface area contributed by atoms with E-state index >= 15 is 0 Å². The van der Waals surface area contributed by atoms with Gasteiger partial charge in [0.15, 0.2) is 11.5 Å². The van der Waals surface area contributed by atoms with Gasteiger partial charge in [-0.15, -0.1) is 0 Å². The average Bonchev–Trinajstić information content (AvgIpc) is 3.26. The highest BCUT2D eigenvalue weighted by Gasteiger charge is 2.37. The number of nitrogens with one attached hydrogen (secondary N) is 2. The Morgan fingerprint density at radius 2 is 1.89 bits per heavy atom. The lowest BCUT2D eigenvalue weighted by atomic mass is 10.1. The summed E-state index contributed by atoms with van der Waals surface area (Å²) >= 11 is 0. The number of aromatic nitrogens is 4. The number of imidazole rings is 1. The number of fused-ring (bicyclic) bond motifs is 2. The monoisotopic (exact) mass is 515 g/mol. The molecule has 3 aromatic rings. The molecule has 196 valence electrons. The molecule has 38 heavy (non-hydrogen) atoms. The third-order valence-electron chi connectivity index (χ3n) is 7.81. The molecule has 0 bridgehead atoms. The van der Waals surface area contributed by atoms with Crippen LogP contribution in [0.4, 0.5) is 5.95 Å². The Morgan fingerprint density at radius 1 is 1.03 bits per heavy atom. The number of likely N-dealkylation sites (tertiary alicyclic amines) is 1. The fraction of sp³-hybridized carbons (Fsp3) is 0.444. The first kappa shape index (κ1) is 23.0. The summed E-state index contributed by atoms with van der Waals surface area (Å²) in [7, 11) is 1.66. The first-order valence-electron chi connectivity index (χ1n) is 13.2. The molecular weight excluding hydrogens is 486 g/mol. The van der Waals surface area contributed by atoms with Gasteiger partial charge in [-0.1, -0.05) is 0 Å². The molecule has 2 atom stereocenters. The van der Waals surface area contributed by atoms with Gasteiger partial charge in [0.1, 0.15) is 11.6 Å². The van der Waals surface area contributed by atoms with Crippen molar-refractivity contribution in [3.8, 4) is 28.7 Å². The standard InChI is InChI=1S/C27H29N7O4/c1-28-25(35)17-10-19-20(11-17)34(24(31-19)16-4-5-21-22(12-16)38-14-37-21)23-6-8-29-27(32-23)30-18-7-9-33(13-18)26(36)15-2-3-15/h4-6,8,12,15,17-18H,2-3,7,9-11,13-14H2,1H3,(H,28,35)(H,29,30,32)/t17?,18-/m0/s1. The quantitative estimate of drug-likeness (QED) is 0.511. The van der Waals surface area contributed by atoms with Crippen molar-refractivity contribution in [2.45, 2.75) is 38.1 Å². The summed E-state index contributed by atoms with van der Waals surface area (Å²) in [4.78, 5) is 41.2. The summed E-state index contributed by atoms with van der Waals surface area (Å²) in [5.74, 6) is 3.64. The number of ether oxygens (including phenoxy) is 2. The van der Waals surface area contributed by atoms with Crippen molar-refractivity contribution in [1.29, 1.82) is 0 Å². The predicted molar refractivity (Wildman–Crippen MR) is 137 cm³/mol. The van der Waals surface area contributed by atoms with E-state index in [9.17, 15) is 9.59 Å². The van der Waals surface area contributed by atoms with E-state index in [4.69, 9.17) is 19.4 Å². The Balaban J connectivity index is 1.21. The number of hydrogen-bond acceptors (Lipinski definition) is 8. The molecule has 2 aliphatic carbocycles. The summed E-state index contributed by atoms with van der Waals surface area (Å²) in [6.07, 6.45) is 5.76. The van der Waals surface area contributed by atoms with Crippen molar-refractivity contribution in [1.82, 2.24) is 29.7 Å². The van der Waals surface area contributed by atoms with Gasteiger partial charge in [0.2, 0.25) is 24.6 Å². The largest absolute Gasteiger partial charge is 0.454 e. The maximum absolute atomic E-state index is 12.5. The zero-order valence-corrected chi connectivity index (χ0v) is 21.1. The molecule has 1 saturated carbocycles. The van der Waals surface area contributed by atoms with Gasteiger partial charge in [0, 0.05) is 68.3 Å². The molecule has 7 rings (SSSR count). The van der Waals surface area contributed by atoms with Crippen molar-refractivity contribution in [2.75, 3.05) is 32.2 Å². The summed E-state index contributed by atoms with van der Waals surface area (Å²) in [6, 6.07) is 7.73. The predicted octanol–water partition coefficient (Wildman–Crippen LogP) is 1.94. The molecule has 0 radical (unpaired) electrons. The highest BCUT2D eigenvalue weighted by molar-refractivity contribution is 5.81. The molecule has 2 amide bonds. The lowest BCUT2D eigenvalue weighted by molar-refractivity contribution is -0.131. The Bertz CT molecular complexity index is 1430. The minimum absolute atomic E-state index is 0.00996. The molecule has 1 unspecified atom stereocenters. The molecule has 1 aromatic carbocycles.